The maximum Gasteiger partial charge on any atom is 0.234 e. The summed E-state index contributed by atoms with van der Waals surface area (Å²) >= 11 is 0. The molecule has 1 amide bonds. The van der Waals surface area contributed by atoms with Crippen molar-refractivity contribution < 1.29 is 14.2 Å². The van der Waals surface area contributed by atoms with Crippen LogP contribution in [0.3, 0.4) is 0 Å². The van der Waals surface area contributed by atoms with Gasteiger partial charge in [-0.25, -0.2) is 0 Å². The molecule has 20 heavy (non-hydrogen) atoms. The van der Waals surface area contributed by atoms with E-state index in [4.69, 9.17) is 10.9 Å². The molecule has 1 saturated carbocycles. The summed E-state index contributed by atoms with van der Waals surface area (Å²) in [4.78, 5) is 12.5. The molecule has 0 bridgehead atoms. The molecular formula is C13H25N3O3S. The molecule has 1 fully saturated rings. The maximum absolute atomic E-state index is 12.5. The largest absolute Gasteiger partial charge is 0.409 e. The van der Waals surface area contributed by atoms with Crippen molar-refractivity contribution in [3.63, 3.8) is 0 Å². The van der Waals surface area contributed by atoms with Gasteiger partial charge >= 0.3 is 0 Å². The molecule has 0 saturated heterocycles. The number of nitrogens with zero attached hydrogens (tertiary/aromatic N) is 1. The monoisotopic (exact) mass is 303 g/mol. The third kappa shape index (κ3) is 4.19. The average Bonchev–Trinajstić information content (AvgIpc) is 2.44. The van der Waals surface area contributed by atoms with Crippen molar-refractivity contribution in [2.75, 3.05) is 12.0 Å². The van der Waals surface area contributed by atoms with E-state index in [1.807, 2.05) is 6.92 Å². The lowest BCUT2D eigenvalue weighted by atomic mass is 9.72. The lowest BCUT2D eigenvalue weighted by Crippen LogP contribution is -2.53. The Hall–Kier alpha value is -1.11. The number of oxime groups is 1. The van der Waals surface area contributed by atoms with Crippen LogP contribution in [0, 0.1) is 5.41 Å². The summed E-state index contributed by atoms with van der Waals surface area (Å²) in [6.45, 7) is 1.88. The summed E-state index contributed by atoms with van der Waals surface area (Å²) in [7, 11) is -0.866. The Kier molecular flexibility index (Phi) is 6.45. The van der Waals surface area contributed by atoms with Gasteiger partial charge in [0, 0.05) is 28.9 Å². The molecule has 0 aliphatic heterocycles. The predicted molar refractivity (Wildman–Crippen MR) is 80.1 cm³/mol. The second kappa shape index (κ2) is 7.61. The smallest absolute Gasteiger partial charge is 0.234 e. The molecule has 0 radical (unpaired) electrons. The number of nitrogens with one attached hydrogen (secondary N) is 1. The Balaban J connectivity index is 2.71. The zero-order valence-electron chi connectivity index (χ0n) is 12.2. The summed E-state index contributed by atoms with van der Waals surface area (Å²) < 4.78 is 11.1. The Morgan fingerprint density at radius 1 is 1.45 bits per heavy atom. The third-order valence-corrected chi connectivity index (χ3v) is 4.77. The summed E-state index contributed by atoms with van der Waals surface area (Å²) in [5.41, 5.74) is 4.89. The van der Waals surface area contributed by atoms with Gasteiger partial charge in [-0.2, -0.15) is 0 Å². The second-order valence-electron chi connectivity index (χ2n) is 5.57. The fourth-order valence-electron chi connectivity index (χ4n) is 2.63. The Bertz CT molecular complexity index is 392. The standard InChI is InChI=1S/C13H25N3O3S/c1-10(6-9-20(2)19)15-12(17)13(11(14)16-18)7-4-3-5-8-13/h10,18H,3-9H2,1-2H3,(H2,14,16)(H,15,17). The van der Waals surface area contributed by atoms with Gasteiger partial charge in [-0.15, -0.1) is 0 Å². The molecule has 116 valence electrons. The Morgan fingerprint density at radius 2 is 2.05 bits per heavy atom. The molecule has 1 aliphatic carbocycles. The second-order valence-corrected chi connectivity index (χ2v) is 7.12. The first-order chi connectivity index (χ1) is 9.42. The number of nitrogens with two attached hydrogens (primary N) is 1. The number of rotatable bonds is 6. The maximum atomic E-state index is 12.5. The quantitative estimate of drug-likeness (QED) is 0.294. The Morgan fingerprint density at radius 3 is 2.55 bits per heavy atom. The lowest BCUT2D eigenvalue weighted by molar-refractivity contribution is -0.129. The minimum absolute atomic E-state index is 0.000896. The average molecular weight is 303 g/mol. The van der Waals surface area contributed by atoms with Crippen molar-refractivity contribution in [2.24, 2.45) is 16.3 Å². The zero-order chi connectivity index (χ0) is 15.2. The van der Waals surface area contributed by atoms with Gasteiger partial charge in [0.25, 0.3) is 0 Å². The summed E-state index contributed by atoms with van der Waals surface area (Å²) in [5.74, 6) is 0.376. The van der Waals surface area contributed by atoms with E-state index in [9.17, 15) is 9.00 Å². The molecule has 0 aromatic heterocycles. The molecule has 2 atom stereocenters. The molecule has 0 aromatic rings. The first-order valence-electron chi connectivity index (χ1n) is 7.01. The SMILES string of the molecule is CC(CCS(C)=O)NC(=O)C1(C(N)=NO)CCCCC1. The van der Waals surface area contributed by atoms with Crippen molar-refractivity contribution in [3.8, 4) is 0 Å². The van der Waals surface area contributed by atoms with E-state index >= 15 is 0 Å². The van der Waals surface area contributed by atoms with Gasteiger partial charge in [0.1, 0.15) is 5.41 Å². The minimum atomic E-state index is -0.882. The van der Waals surface area contributed by atoms with Crippen LogP contribution < -0.4 is 11.1 Å². The number of carbonyl (C=O) groups is 1. The number of hydrogen-bond donors (Lipinski definition) is 3. The van der Waals surface area contributed by atoms with Gasteiger partial charge in [-0.3, -0.25) is 9.00 Å². The summed E-state index contributed by atoms with van der Waals surface area (Å²) in [6.07, 6.45) is 6.39. The van der Waals surface area contributed by atoms with Crippen LogP contribution in [-0.2, 0) is 15.6 Å². The van der Waals surface area contributed by atoms with E-state index in [0.29, 0.717) is 25.0 Å². The van der Waals surface area contributed by atoms with Crippen LogP contribution >= 0.6 is 0 Å². The highest BCUT2D eigenvalue weighted by Gasteiger charge is 2.44. The van der Waals surface area contributed by atoms with E-state index in [1.54, 1.807) is 6.26 Å². The van der Waals surface area contributed by atoms with Crippen LogP contribution in [0.4, 0.5) is 0 Å². The molecule has 0 heterocycles. The molecular weight excluding hydrogens is 278 g/mol. The fraction of sp³-hybridized carbons (Fsp3) is 0.846. The van der Waals surface area contributed by atoms with Crippen molar-refractivity contribution in [3.05, 3.63) is 0 Å². The van der Waals surface area contributed by atoms with E-state index in [1.165, 1.54) is 0 Å². The molecule has 4 N–H and O–H groups in total. The van der Waals surface area contributed by atoms with Crippen molar-refractivity contribution in [2.45, 2.75) is 51.5 Å². The van der Waals surface area contributed by atoms with Gasteiger partial charge in [0.15, 0.2) is 5.84 Å². The first kappa shape index (κ1) is 16.9. The molecule has 7 heteroatoms. The van der Waals surface area contributed by atoms with E-state index in [-0.39, 0.29) is 17.8 Å². The van der Waals surface area contributed by atoms with Crippen LogP contribution in [0.25, 0.3) is 0 Å². The van der Waals surface area contributed by atoms with Gasteiger partial charge in [0.05, 0.1) is 0 Å². The predicted octanol–water partition coefficient (Wildman–Crippen LogP) is 0.957. The van der Waals surface area contributed by atoms with Crippen LogP contribution in [0.5, 0.6) is 0 Å². The van der Waals surface area contributed by atoms with Crippen LogP contribution in [0.1, 0.15) is 45.4 Å². The summed E-state index contributed by atoms with van der Waals surface area (Å²) in [5, 5.41) is 14.9. The Labute approximate surface area is 122 Å². The van der Waals surface area contributed by atoms with Gasteiger partial charge in [-0.1, -0.05) is 24.4 Å². The highest BCUT2D eigenvalue weighted by Crippen LogP contribution is 2.37. The van der Waals surface area contributed by atoms with Crippen LogP contribution in [0.15, 0.2) is 5.16 Å². The molecule has 6 nitrogen and oxygen atoms in total. The zero-order valence-corrected chi connectivity index (χ0v) is 13.0. The number of carbonyl (C=O) groups excluding carboxylic acids is 1. The number of amides is 1. The van der Waals surface area contributed by atoms with Crippen molar-refractivity contribution in [1.82, 2.24) is 5.32 Å². The van der Waals surface area contributed by atoms with E-state index in [2.05, 4.69) is 10.5 Å². The molecule has 1 aliphatic rings. The van der Waals surface area contributed by atoms with Crippen molar-refractivity contribution >= 4 is 22.5 Å². The highest BCUT2D eigenvalue weighted by atomic mass is 32.2. The van der Waals surface area contributed by atoms with Crippen molar-refractivity contribution in [1.29, 1.82) is 0 Å². The lowest BCUT2D eigenvalue weighted by Gasteiger charge is -2.35. The van der Waals surface area contributed by atoms with Gasteiger partial charge in [-0.05, 0) is 26.2 Å². The fourth-order valence-corrected chi connectivity index (χ4v) is 3.31. The first-order valence-corrected chi connectivity index (χ1v) is 8.74. The van der Waals surface area contributed by atoms with E-state index < -0.39 is 16.2 Å². The molecule has 0 spiro atoms. The number of amidine groups is 1. The third-order valence-electron chi connectivity index (χ3n) is 3.96. The normalized spacial score (nSPS) is 22.0. The van der Waals surface area contributed by atoms with E-state index in [0.717, 1.165) is 19.3 Å². The van der Waals surface area contributed by atoms with Gasteiger partial charge < -0.3 is 16.3 Å². The minimum Gasteiger partial charge on any atom is -0.409 e. The molecule has 1 rings (SSSR count). The summed E-state index contributed by atoms with van der Waals surface area (Å²) in [6, 6.07) is -0.0725. The number of hydrogen-bond acceptors (Lipinski definition) is 4. The molecule has 0 aromatic carbocycles. The molecule has 2 unspecified atom stereocenters. The van der Waals surface area contributed by atoms with Crippen LogP contribution in [0.2, 0.25) is 0 Å². The topological polar surface area (TPSA) is 105 Å². The highest BCUT2D eigenvalue weighted by molar-refractivity contribution is 7.84. The van der Waals surface area contributed by atoms with Gasteiger partial charge in [0.2, 0.25) is 5.91 Å². The van der Waals surface area contributed by atoms with Crippen LogP contribution in [-0.4, -0.2) is 39.2 Å².